The van der Waals surface area contributed by atoms with E-state index < -0.39 is 0 Å². The standard InChI is InChI=1S/C16H32NO/c1-4-7-8-9-10-11-12-13-17(5-2,6-3)14-16-15-18-16/h9-10,16H,4-8,11-15H2,1-3H3/q+1/b10-9+. The topological polar surface area (TPSA) is 12.5 Å². The number of hydrogen-bond donors (Lipinski definition) is 0. The second-order valence-corrected chi connectivity index (χ2v) is 5.59. The molecule has 0 bridgehead atoms. The lowest BCUT2D eigenvalue weighted by molar-refractivity contribution is -0.925. The molecule has 0 aliphatic carbocycles. The number of rotatable bonds is 11. The highest BCUT2D eigenvalue weighted by atomic mass is 16.6. The van der Waals surface area contributed by atoms with Crippen LogP contribution in [0.5, 0.6) is 0 Å². The summed E-state index contributed by atoms with van der Waals surface area (Å²) in [5.74, 6) is 0. The SMILES string of the molecule is CCCC/C=C/CCC[N+](CC)(CC)CC1CO1. The highest BCUT2D eigenvalue weighted by Crippen LogP contribution is 2.18. The molecule has 1 atom stereocenters. The normalized spacial score (nSPS) is 19.6. The Morgan fingerprint density at radius 2 is 1.67 bits per heavy atom. The van der Waals surface area contributed by atoms with E-state index in [2.05, 4.69) is 32.9 Å². The molecule has 106 valence electrons. The summed E-state index contributed by atoms with van der Waals surface area (Å²) < 4.78 is 6.65. The Bertz CT molecular complexity index is 229. The molecule has 2 heteroatoms. The van der Waals surface area contributed by atoms with Crippen molar-refractivity contribution in [2.45, 2.75) is 59.0 Å². The Kier molecular flexibility index (Phi) is 7.60. The van der Waals surface area contributed by atoms with E-state index in [1.54, 1.807) is 0 Å². The quantitative estimate of drug-likeness (QED) is 0.237. The van der Waals surface area contributed by atoms with Crippen molar-refractivity contribution >= 4 is 0 Å². The summed E-state index contributed by atoms with van der Waals surface area (Å²) >= 11 is 0. The highest BCUT2D eigenvalue weighted by molar-refractivity contribution is 4.81. The molecule has 1 rings (SSSR count). The van der Waals surface area contributed by atoms with Gasteiger partial charge in [0.25, 0.3) is 0 Å². The minimum atomic E-state index is 0.560. The van der Waals surface area contributed by atoms with E-state index in [0.29, 0.717) is 6.10 Å². The largest absolute Gasteiger partial charge is 0.367 e. The number of quaternary nitrogens is 1. The molecule has 1 fully saturated rings. The Labute approximate surface area is 114 Å². The zero-order valence-electron chi connectivity index (χ0n) is 12.7. The van der Waals surface area contributed by atoms with Gasteiger partial charge in [-0.05, 0) is 26.7 Å². The summed E-state index contributed by atoms with van der Waals surface area (Å²) in [6, 6.07) is 0. The minimum absolute atomic E-state index is 0.560. The summed E-state index contributed by atoms with van der Waals surface area (Å²) in [5, 5.41) is 0. The first-order valence-electron chi connectivity index (χ1n) is 7.88. The summed E-state index contributed by atoms with van der Waals surface area (Å²) in [4.78, 5) is 0. The fraction of sp³-hybridized carbons (Fsp3) is 0.875. The Balaban J connectivity index is 2.18. The molecule has 1 unspecified atom stereocenters. The van der Waals surface area contributed by atoms with Gasteiger partial charge in [-0.1, -0.05) is 31.9 Å². The van der Waals surface area contributed by atoms with E-state index >= 15 is 0 Å². The molecular weight excluding hydrogens is 222 g/mol. The number of ether oxygens (including phenoxy) is 1. The molecule has 0 saturated carbocycles. The van der Waals surface area contributed by atoms with E-state index in [4.69, 9.17) is 4.74 Å². The van der Waals surface area contributed by atoms with Gasteiger partial charge in [0.1, 0.15) is 12.6 Å². The molecule has 0 spiro atoms. The smallest absolute Gasteiger partial charge is 0.130 e. The van der Waals surface area contributed by atoms with E-state index in [1.807, 2.05) is 0 Å². The van der Waals surface area contributed by atoms with Crippen molar-refractivity contribution in [3.05, 3.63) is 12.2 Å². The average molecular weight is 254 g/mol. The molecule has 1 saturated heterocycles. The molecule has 1 aliphatic heterocycles. The second kappa shape index (κ2) is 8.71. The lowest BCUT2D eigenvalue weighted by atomic mass is 10.2. The monoisotopic (exact) mass is 254 g/mol. The first-order valence-corrected chi connectivity index (χ1v) is 7.88. The van der Waals surface area contributed by atoms with Gasteiger partial charge in [-0.2, -0.15) is 0 Å². The Hall–Kier alpha value is -0.340. The molecule has 1 heterocycles. The van der Waals surface area contributed by atoms with Crippen LogP contribution < -0.4 is 0 Å². The average Bonchev–Trinajstić information content (AvgIpc) is 3.20. The van der Waals surface area contributed by atoms with Gasteiger partial charge in [0.2, 0.25) is 0 Å². The van der Waals surface area contributed by atoms with Crippen molar-refractivity contribution in [2.24, 2.45) is 0 Å². The number of unbranched alkanes of at least 4 members (excludes halogenated alkanes) is 3. The van der Waals surface area contributed by atoms with Gasteiger partial charge in [0.05, 0.1) is 26.2 Å². The van der Waals surface area contributed by atoms with Gasteiger partial charge >= 0.3 is 0 Å². The number of nitrogens with zero attached hydrogens (tertiary/aromatic N) is 1. The maximum atomic E-state index is 5.41. The van der Waals surface area contributed by atoms with Crippen molar-refractivity contribution in [1.82, 2.24) is 0 Å². The van der Waals surface area contributed by atoms with Gasteiger partial charge < -0.3 is 9.22 Å². The van der Waals surface area contributed by atoms with Crippen LogP contribution in [0, 0.1) is 0 Å². The third-order valence-electron chi connectivity index (χ3n) is 4.23. The molecule has 0 aromatic heterocycles. The molecule has 0 amide bonds. The third-order valence-corrected chi connectivity index (χ3v) is 4.23. The van der Waals surface area contributed by atoms with Gasteiger partial charge in [-0.3, -0.25) is 0 Å². The van der Waals surface area contributed by atoms with Crippen LogP contribution in [-0.4, -0.2) is 43.4 Å². The van der Waals surface area contributed by atoms with Crippen LogP contribution in [-0.2, 0) is 4.74 Å². The molecular formula is C16H32NO+. The zero-order valence-corrected chi connectivity index (χ0v) is 12.7. The van der Waals surface area contributed by atoms with Crippen LogP contribution >= 0.6 is 0 Å². The molecule has 0 aromatic rings. The Morgan fingerprint density at radius 3 is 2.17 bits per heavy atom. The van der Waals surface area contributed by atoms with Crippen molar-refractivity contribution in [2.75, 3.05) is 32.8 Å². The van der Waals surface area contributed by atoms with Crippen molar-refractivity contribution in [1.29, 1.82) is 0 Å². The summed E-state index contributed by atoms with van der Waals surface area (Å²) in [7, 11) is 0. The van der Waals surface area contributed by atoms with Crippen LogP contribution in [0.1, 0.15) is 52.9 Å². The first kappa shape index (κ1) is 15.7. The maximum absolute atomic E-state index is 5.41. The fourth-order valence-corrected chi connectivity index (χ4v) is 2.60. The summed E-state index contributed by atoms with van der Waals surface area (Å²) in [6.45, 7) is 12.9. The number of hydrogen-bond acceptors (Lipinski definition) is 1. The fourth-order valence-electron chi connectivity index (χ4n) is 2.60. The first-order chi connectivity index (χ1) is 8.76. The Morgan fingerprint density at radius 1 is 1.06 bits per heavy atom. The van der Waals surface area contributed by atoms with Crippen LogP contribution in [0.3, 0.4) is 0 Å². The lowest BCUT2D eigenvalue weighted by Gasteiger charge is -2.36. The van der Waals surface area contributed by atoms with Crippen molar-refractivity contribution in [3.63, 3.8) is 0 Å². The van der Waals surface area contributed by atoms with Gasteiger partial charge in [-0.15, -0.1) is 0 Å². The minimum Gasteiger partial charge on any atom is -0.367 e. The van der Waals surface area contributed by atoms with E-state index in [9.17, 15) is 0 Å². The summed E-state index contributed by atoms with van der Waals surface area (Å²) in [5.41, 5.74) is 0. The molecule has 0 aromatic carbocycles. The molecule has 1 aliphatic rings. The zero-order chi connectivity index (χ0) is 13.3. The molecule has 2 nitrogen and oxygen atoms in total. The van der Waals surface area contributed by atoms with Crippen LogP contribution in [0.15, 0.2) is 12.2 Å². The van der Waals surface area contributed by atoms with Crippen LogP contribution in [0.4, 0.5) is 0 Å². The van der Waals surface area contributed by atoms with E-state index in [-0.39, 0.29) is 0 Å². The highest BCUT2D eigenvalue weighted by Gasteiger charge is 2.34. The summed E-state index contributed by atoms with van der Waals surface area (Å²) in [6.07, 6.45) is 11.8. The number of likely N-dealkylation sites (N-methyl/N-ethyl adjacent to an activating group) is 1. The van der Waals surface area contributed by atoms with Crippen LogP contribution in [0.25, 0.3) is 0 Å². The molecule has 0 N–H and O–H groups in total. The lowest BCUT2D eigenvalue weighted by Crippen LogP contribution is -2.50. The van der Waals surface area contributed by atoms with Crippen molar-refractivity contribution in [3.8, 4) is 0 Å². The van der Waals surface area contributed by atoms with E-state index in [0.717, 1.165) is 6.61 Å². The molecule has 0 radical (unpaired) electrons. The third kappa shape index (κ3) is 6.01. The van der Waals surface area contributed by atoms with Gasteiger partial charge in [-0.25, -0.2) is 0 Å². The molecule has 18 heavy (non-hydrogen) atoms. The maximum Gasteiger partial charge on any atom is 0.130 e. The second-order valence-electron chi connectivity index (χ2n) is 5.59. The van der Waals surface area contributed by atoms with Gasteiger partial charge in [0.15, 0.2) is 0 Å². The van der Waals surface area contributed by atoms with E-state index in [1.165, 1.54) is 62.8 Å². The van der Waals surface area contributed by atoms with Crippen molar-refractivity contribution < 1.29 is 9.22 Å². The van der Waals surface area contributed by atoms with Crippen LogP contribution in [0.2, 0.25) is 0 Å². The number of allylic oxidation sites excluding steroid dienone is 2. The predicted octanol–water partition coefficient (Wildman–Crippen LogP) is 3.77. The number of epoxide rings is 1. The van der Waals surface area contributed by atoms with Gasteiger partial charge in [0, 0.05) is 6.42 Å². The predicted molar refractivity (Wildman–Crippen MR) is 78.7 cm³/mol.